The summed E-state index contributed by atoms with van der Waals surface area (Å²) in [6, 6.07) is 6.33. The second-order valence-electron chi connectivity index (χ2n) is 17.1. The Morgan fingerprint density at radius 2 is 1.45 bits per heavy atom. The van der Waals surface area contributed by atoms with Gasteiger partial charge in [0.25, 0.3) is 11.1 Å². The first-order valence-electron chi connectivity index (χ1n) is 21.9. The molecule has 0 spiro atoms. The van der Waals surface area contributed by atoms with Crippen molar-refractivity contribution in [3.63, 3.8) is 0 Å². The molecule has 356 valence electrons. The Morgan fingerprint density at radius 1 is 0.739 bits per heavy atom. The van der Waals surface area contributed by atoms with Crippen LogP contribution >= 0.6 is 11.6 Å². The van der Waals surface area contributed by atoms with Gasteiger partial charge in [0.05, 0.1) is 38.1 Å². The average molecular weight is 967 g/mol. The number of hydrogen-bond donors (Lipinski definition) is 0. The fraction of sp³-hybridized carbons (Fsp3) is 0.356. The van der Waals surface area contributed by atoms with Gasteiger partial charge < -0.3 is 14.5 Å². The standard InChI is InChI=1S/C45H43ClF4N16O3/c1-24-54-37-35(26-6-9-34(51-17-26)45(48,49)50)56-43(58-39(37)41(67)62(24)5)64-14-15-69-33(23-64)28-19-53-65(21-28)12-13-66-25(2)55-38-36(30-8-7-29(46)16-31(30)47)57-44(59-40(38)42(66)68)63-11-10-60(3)32(22-63)27-18-52-61(4)20-27/h6-9,16-21,32-33H,10-15,22-23H2,1-5H3/t32?,33-/m1/s1. The predicted molar refractivity (Wildman–Crippen MR) is 246 cm³/mol. The lowest BCUT2D eigenvalue weighted by Gasteiger charge is -2.39. The van der Waals surface area contributed by atoms with Gasteiger partial charge in [-0.15, -0.1) is 0 Å². The molecule has 2 saturated heterocycles. The van der Waals surface area contributed by atoms with Gasteiger partial charge in [-0.05, 0) is 51.2 Å². The lowest BCUT2D eigenvalue weighted by Crippen LogP contribution is -2.47. The number of likely N-dealkylation sites (N-methyl/N-ethyl adjacent to an activating group) is 1. The first kappa shape index (κ1) is 45.5. The van der Waals surface area contributed by atoms with Gasteiger partial charge in [0, 0.05) is 92.7 Å². The maximum absolute atomic E-state index is 15.7. The van der Waals surface area contributed by atoms with Crippen LogP contribution in [0.1, 0.15) is 40.6 Å². The van der Waals surface area contributed by atoms with Crippen molar-refractivity contribution in [2.75, 3.05) is 56.2 Å². The van der Waals surface area contributed by atoms with Crippen LogP contribution < -0.4 is 20.9 Å². The van der Waals surface area contributed by atoms with E-state index in [1.165, 1.54) is 27.3 Å². The smallest absolute Gasteiger partial charge is 0.370 e. The molecule has 10 rings (SSSR count). The molecule has 1 unspecified atom stereocenters. The summed E-state index contributed by atoms with van der Waals surface area (Å²) in [4.78, 5) is 66.1. The quantitative estimate of drug-likeness (QED) is 0.174. The molecule has 2 atom stereocenters. The highest BCUT2D eigenvalue weighted by Gasteiger charge is 2.34. The minimum Gasteiger partial charge on any atom is -0.370 e. The van der Waals surface area contributed by atoms with Crippen molar-refractivity contribution in [3.05, 3.63) is 121 Å². The summed E-state index contributed by atoms with van der Waals surface area (Å²) >= 11 is 6.15. The topological polar surface area (TPSA) is 189 Å². The van der Waals surface area contributed by atoms with Gasteiger partial charge in [-0.1, -0.05) is 11.6 Å². The van der Waals surface area contributed by atoms with Gasteiger partial charge in [0.1, 0.15) is 51.7 Å². The third-order valence-electron chi connectivity index (χ3n) is 12.6. The number of nitrogens with zero attached hydrogens (tertiary/aromatic N) is 16. The highest BCUT2D eigenvalue weighted by molar-refractivity contribution is 6.30. The van der Waals surface area contributed by atoms with Crippen LogP contribution in [0.5, 0.6) is 0 Å². The molecule has 0 N–H and O–H groups in total. The number of hydrogen-bond acceptors (Lipinski definition) is 15. The summed E-state index contributed by atoms with van der Waals surface area (Å²) in [5.74, 6) is 0.528. The third-order valence-corrected chi connectivity index (χ3v) is 12.8. The van der Waals surface area contributed by atoms with E-state index < -0.39 is 34.9 Å². The van der Waals surface area contributed by atoms with Crippen LogP contribution in [0.4, 0.5) is 29.5 Å². The molecule has 69 heavy (non-hydrogen) atoms. The first-order chi connectivity index (χ1) is 33.0. The molecule has 2 fully saturated rings. The molecule has 2 aliphatic rings. The molecule has 0 bridgehead atoms. The Morgan fingerprint density at radius 3 is 2.16 bits per heavy atom. The summed E-state index contributed by atoms with van der Waals surface area (Å²) in [6.45, 7) is 6.26. The zero-order valence-electron chi connectivity index (χ0n) is 37.9. The number of fused-ring (bicyclic) bond motifs is 2. The van der Waals surface area contributed by atoms with E-state index in [0.717, 1.165) is 17.8 Å². The Balaban J connectivity index is 0.928. The van der Waals surface area contributed by atoms with Crippen molar-refractivity contribution in [2.45, 2.75) is 45.3 Å². The molecule has 1 aromatic carbocycles. The number of ether oxygens (including phenoxy) is 1. The summed E-state index contributed by atoms with van der Waals surface area (Å²) < 4.78 is 68.3. The predicted octanol–water partition coefficient (Wildman–Crippen LogP) is 5.08. The number of benzene rings is 1. The molecule has 9 heterocycles. The highest BCUT2D eigenvalue weighted by Crippen LogP contribution is 2.34. The van der Waals surface area contributed by atoms with Gasteiger partial charge in [0.15, 0.2) is 11.0 Å². The molecular formula is C45H43ClF4N16O3. The fourth-order valence-corrected chi connectivity index (χ4v) is 8.84. The SMILES string of the molecule is Cc1nc2c(-c3ccc(C(F)(F)F)nc3)nc(N3CCO[C@@H](c4cnn(CCn5c(C)nc6c(-c7ccc(Cl)cc7F)nc(N7CCN(C)C(c8cnn(C)c8)C7)nc6c5=O)c4)C3)nc2c(=O)n1C. The van der Waals surface area contributed by atoms with Crippen molar-refractivity contribution in [1.29, 1.82) is 0 Å². The van der Waals surface area contributed by atoms with Gasteiger partial charge in [-0.2, -0.15) is 23.4 Å². The van der Waals surface area contributed by atoms with Crippen LogP contribution in [0.3, 0.4) is 0 Å². The molecule has 0 saturated carbocycles. The average Bonchev–Trinajstić information content (AvgIpc) is 4.00. The molecular weight excluding hydrogens is 924 g/mol. The van der Waals surface area contributed by atoms with E-state index in [4.69, 9.17) is 36.3 Å². The maximum atomic E-state index is 15.7. The second-order valence-corrected chi connectivity index (χ2v) is 17.5. The van der Waals surface area contributed by atoms with Crippen molar-refractivity contribution in [1.82, 2.24) is 68.5 Å². The van der Waals surface area contributed by atoms with E-state index in [9.17, 15) is 22.8 Å². The van der Waals surface area contributed by atoms with Crippen molar-refractivity contribution in [2.24, 2.45) is 14.1 Å². The Bertz CT molecular complexity index is 3410. The molecule has 24 heteroatoms. The maximum Gasteiger partial charge on any atom is 0.433 e. The zero-order valence-corrected chi connectivity index (χ0v) is 38.6. The molecule has 7 aromatic heterocycles. The van der Waals surface area contributed by atoms with Crippen molar-refractivity contribution < 1.29 is 22.3 Å². The molecule has 0 amide bonds. The summed E-state index contributed by atoms with van der Waals surface area (Å²) in [5, 5.41) is 9.14. The number of pyridine rings is 1. The number of aryl methyl sites for hydroxylation is 4. The monoisotopic (exact) mass is 966 g/mol. The molecule has 19 nitrogen and oxygen atoms in total. The number of anilines is 2. The number of morpholine rings is 1. The minimum absolute atomic E-state index is 0.00238. The minimum atomic E-state index is -4.65. The molecule has 2 aliphatic heterocycles. The van der Waals surface area contributed by atoms with Crippen LogP contribution in [-0.2, 0) is 38.1 Å². The van der Waals surface area contributed by atoms with E-state index in [2.05, 4.69) is 30.0 Å². The normalized spacial score (nSPS) is 17.1. The van der Waals surface area contributed by atoms with E-state index in [-0.39, 0.29) is 93.8 Å². The Kier molecular flexibility index (Phi) is 11.7. The van der Waals surface area contributed by atoms with Gasteiger partial charge >= 0.3 is 6.18 Å². The van der Waals surface area contributed by atoms with Crippen LogP contribution in [0.15, 0.2) is 70.9 Å². The number of rotatable bonds is 9. The third kappa shape index (κ3) is 8.65. The molecule has 8 aromatic rings. The van der Waals surface area contributed by atoms with Gasteiger partial charge in [0.2, 0.25) is 11.9 Å². The van der Waals surface area contributed by atoms with Gasteiger partial charge in [-0.3, -0.25) is 38.0 Å². The Labute approximate surface area is 394 Å². The van der Waals surface area contributed by atoms with Crippen LogP contribution in [-0.4, -0.2) is 115 Å². The molecule has 0 aliphatic carbocycles. The summed E-state index contributed by atoms with van der Waals surface area (Å²) in [7, 11) is 5.45. The van der Waals surface area contributed by atoms with E-state index in [0.29, 0.717) is 43.4 Å². The van der Waals surface area contributed by atoms with Crippen LogP contribution in [0.25, 0.3) is 44.6 Å². The van der Waals surface area contributed by atoms with Crippen LogP contribution in [0.2, 0.25) is 5.02 Å². The number of piperazine rings is 1. The number of halogens is 5. The van der Waals surface area contributed by atoms with E-state index in [1.54, 1.807) is 48.7 Å². The van der Waals surface area contributed by atoms with E-state index >= 15 is 4.39 Å². The van der Waals surface area contributed by atoms with E-state index in [1.807, 2.05) is 36.3 Å². The lowest BCUT2D eigenvalue weighted by atomic mass is 10.1. The lowest BCUT2D eigenvalue weighted by molar-refractivity contribution is -0.141. The largest absolute Gasteiger partial charge is 0.433 e. The summed E-state index contributed by atoms with van der Waals surface area (Å²) in [5.41, 5.74) is 0.774. The summed E-state index contributed by atoms with van der Waals surface area (Å²) in [6.07, 6.45) is 3.13. The molecule has 0 radical (unpaired) electrons. The highest BCUT2D eigenvalue weighted by atomic mass is 35.5. The zero-order chi connectivity index (χ0) is 48.5. The second kappa shape index (κ2) is 17.7. The van der Waals surface area contributed by atoms with Crippen LogP contribution in [0, 0.1) is 19.7 Å². The number of alkyl halides is 3. The van der Waals surface area contributed by atoms with Gasteiger partial charge in [-0.25, -0.2) is 34.3 Å². The Hall–Kier alpha value is -7.24. The van der Waals surface area contributed by atoms with Crippen molar-refractivity contribution in [3.8, 4) is 22.5 Å². The van der Waals surface area contributed by atoms with Crippen molar-refractivity contribution >= 4 is 45.6 Å². The number of aromatic nitrogens is 13. The fourth-order valence-electron chi connectivity index (χ4n) is 8.68. The first-order valence-corrected chi connectivity index (χ1v) is 22.2.